The van der Waals surface area contributed by atoms with E-state index < -0.39 is 5.97 Å². The summed E-state index contributed by atoms with van der Waals surface area (Å²) < 4.78 is 2.11. The average Bonchev–Trinajstić information content (AvgIpc) is 2.92. The summed E-state index contributed by atoms with van der Waals surface area (Å²) >= 11 is 0. The number of benzene rings is 1. The molecule has 3 fully saturated rings. The third-order valence-electron chi connectivity index (χ3n) is 4.80. The Kier molecular flexibility index (Phi) is 2.57. The van der Waals surface area contributed by atoms with Crippen molar-refractivity contribution in [3.05, 3.63) is 30.1 Å². The van der Waals surface area contributed by atoms with Crippen LogP contribution >= 0.6 is 0 Å². The molecule has 0 radical (unpaired) electrons. The minimum atomic E-state index is -0.876. The molecule has 20 heavy (non-hydrogen) atoms. The Labute approximate surface area is 116 Å². The molecule has 0 amide bonds. The number of hydrogen-bond acceptors (Lipinski definition) is 3. The fourth-order valence-electron chi connectivity index (χ4n) is 3.76. The van der Waals surface area contributed by atoms with Crippen molar-refractivity contribution in [1.82, 2.24) is 14.5 Å². The summed E-state index contributed by atoms with van der Waals surface area (Å²) in [6.45, 7) is 3.38. The van der Waals surface area contributed by atoms with Gasteiger partial charge in [-0.25, -0.2) is 9.78 Å². The number of nitrogens with zero attached hydrogens (tertiary/aromatic N) is 3. The molecule has 4 heterocycles. The van der Waals surface area contributed by atoms with Crippen LogP contribution in [0.15, 0.2) is 24.5 Å². The van der Waals surface area contributed by atoms with Crippen molar-refractivity contribution in [1.29, 1.82) is 0 Å². The number of fused-ring (bicyclic) bond motifs is 4. The van der Waals surface area contributed by atoms with Gasteiger partial charge in [0.2, 0.25) is 0 Å². The summed E-state index contributed by atoms with van der Waals surface area (Å²) in [4.78, 5) is 18.3. The lowest BCUT2D eigenvalue weighted by molar-refractivity contribution is 0.0584. The molecule has 5 rings (SSSR count). The standard InChI is InChI=1S/C15H17N3O2/c19-15(20)11-2-1-3-12-14(11)18(9-16-12)13-8-17-6-4-10(13)5-7-17/h1-3,9-10,13H,4-8H2,(H,19,20). The summed E-state index contributed by atoms with van der Waals surface area (Å²) in [5.74, 6) is -0.224. The first-order valence-electron chi connectivity index (χ1n) is 7.15. The van der Waals surface area contributed by atoms with Gasteiger partial charge < -0.3 is 14.6 Å². The number of piperidine rings is 3. The lowest BCUT2D eigenvalue weighted by Crippen LogP contribution is -2.48. The summed E-state index contributed by atoms with van der Waals surface area (Å²) in [6, 6.07) is 5.69. The maximum absolute atomic E-state index is 11.5. The van der Waals surface area contributed by atoms with Crippen molar-refractivity contribution in [3.8, 4) is 0 Å². The van der Waals surface area contributed by atoms with Crippen LogP contribution in [0.4, 0.5) is 0 Å². The molecular formula is C15H17N3O2. The molecule has 1 aromatic heterocycles. The van der Waals surface area contributed by atoms with Gasteiger partial charge in [0, 0.05) is 6.54 Å². The molecule has 3 aliphatic rings. The van der Waals surface area contributed by atoms with Gasteiger partial charge in [0.15, 0.2) is 0 Å². The van der Waals surface area contributed by atoms with Gasteiger partial charge in [0.1, 0.15) is 0 Å². The van der Waals surface area contributed by atoms with Gasteiger partial charge in [-0.05, 0) is 44.0 Å². The van der Waals surface area contributed by atoms with Gasteiger partial charge >= 0.3 is 5.97 Å². The van der Waals surface area contributed by atoms with E-state index in [-0.39, 0.29) is 0 Å². The van der Waals surface area contributed by atoms with E-state index in [4.69, 9.17) is 0 Å². The normalized spacial score (nSPS) is 28.9. The molecule has 5 nitrogen and oxygen atoms in total. The van der Waals surface area contributed by atoms with Crippen molar-refractivity contribution in [2.45, 2.75) is 18.9 Å². The van der Waals surface area contributed by atoms with Crippen LogP contribution in [0.25, 0.3) is 11.0 Å². The maximum atomic E-state index is 11.5. The van der Waals surface area contributed by atoms with Crippen LogP contribution in [0, 0.1) is 5.92 Å². The Morgan fingerprint density at radius 2 is 2.10 bits per heavy atom. The van der Waals surface area contributed by atoms with Crippen molar-refractivity contribution < 1.29 is 9.90 Å². The number of carbonyl (C=O) groups is 1. The molecule has 2 bridgehead atoms. The van der Waals surface area contributed by atoms with E-state index in [2.05, 4.69) is 14.5 Å². The quantitative estimate of drug-likeness (QED) is 0.907. The average molecular weight is 271 g/mol. The third-order valence-corrected chi connectivity index (χ3v) is 4.80. The second-order valence-corrected chi connectivity index (χ2v) is 5.84. The summed E-state index contributed by atoms with van der Waals surface area (Å²) in [6.07, 6.45) is 4.24. The van der Waals surface area contributed by atoms with E-state index in [0.717, 1.165) is 17.6 Å². The van der Waals surface area contributed by atoms with Gasteiger partial charge in [0.25, 0.3) is 0 Å². The molecule has 3 saturated heterocycles. The second-order valence-electron chi connectivity index (χ2n) is 5.84. The fourth-order valence-corrected chi connectivity index (χ4v) is 3.76. The van der Waals surface area contributed by atoms with Crippen molar-refractivity contribution in [3.63, 3.8) is 0 Å². The molecule has 0 saturated carbocycles. The van der Waals surface area contributed by atoms with E-state index in [1.54, 1.807) is 12.1 Å². The number of para-hydroxylation sites is 1. The van der Waals surface area contributed by atoms with Crippen molar-refractivity contribution in [2.24, 2.45) is 5.92 Å². The zero-order valence-electron chi connectivity index (χ0n) is 11.2. The number of carboxylic acids is 1. The Morgan fingerprint density at radius 1 is 1.30 bits per heavy atom. The minimum absolute atomic E-state index is 0.358. The largest absolute Gasteiger partial charge is 0.478 e. The molecule has 1 aromatic carbocycles. The fraction of sp³-hybridized carbons (Fsp3) is 0.467. The first kappa shape index (κ1) is 11.9. The molecule has 0 aliphatic carbocycles. The number of hydrogen-bond donors (Lipinski definition) is 1. The highest BCUT2D eigenvalue weighted by molar-refractivity contribution is 6.01. The van der Waals surface area contributed by atoms with E-state index >= 15 is 0 Å². The first-order valence-corrected chi connectivity index (χ1v) is 7.15. The van der Waals surface area contributed by atoms with E-state index in [1.807, 2.05) is 12.4 Å². The molecule has 1 unspecified atom stereocenters. The number of imidazole rings is 1. The second kappa shape index (κ2) is 4.31. The third kappa shape index (κ3) is 1.66. The van der Waals surface area contributed by atoms with Gasteiger partial charge in [-0.2, -0.15) is 0 Å². The zero-order chi connectivity index (χ0) is 13.7. The smallest absolute Gasteiger partial charge is 0.337 e. The highest BCUT2D eigenvalue weighted by Gasteiger charge is 2.36. The summed E-state index contributed by atoms with van der Waals surface area (Å²) in [5, 5.41) is 9.40. The maximum Gasteiger partial charge on any atom is 0.337 e. The van der Waals surface area contributed by atoms with Crippen LogP contribution in [0.5, 0.6) is 0 Å². The highest BCUT2D eigenvalue weighted by atomic mass is 16.4. The van der Waals surface area contributed by atoms with Gasteiger partial charge in [-0.15, -0.1) is 0 Å². The molecule has 1 N–H and O–H groups in total. The SMILES string of the molecule is O=C(O)c1cccc2ncn(C3CN4CCC3CC4)c12. The lowest BCUT2D eigenvalue weighted by Gasteiger charge is -2.45. The van der Waals surface area contributed by atoms with Gasteiger partial charge in [0.05, 0.1) is 29.0 Å². The number of carboxylic acid groups (broad SMARTS) is 1. The van der Waals surface area contributed by atoms with Crippen LogP contribution in [0.3, 0.4) is 0 Å². The van der Waals surface area contributed by atoms with Crippen LogP contribution < -0.4 is 0 Å². The van der Waals surface area contributed by atoms with Crippen LogP contribution in [0.1, 0.15) is 29.2 Å². The molecular weight excluding hydrogens is 254 g/mol. The van der Waals surface area contributed by atoms with Crippen molar-refractivity contribution >= 4 is 17.0 Å². The topological polar surface area (TPSA) is 58.4 Å². The minimum Gasteiger partial charge on any atom is -0.478 e. The number of rotatable bonds is 2. The number of aromatic carboxylic acids is 1. The Balaban J connectivity index is 1.86. The molecule has 0 spiro atoms. The zero-order valence-corrected chi connectivity index (χ0v) is 11.2. The number of aromatic nitrogens is 2. The molecule has 3 aliphatic heterocycles. The van der Waals surface area contributed by atoms with E-state index in [1.165, 1.54) is 25.9 Å². The van der Waals surface area contributed by atoms with E-state index in [9.17, 15) is 9.90 Å². The monoisotopic (exact) mass is 271 g/mol. The highest BCUT2D eigenvalue weighted by Crippen LogP contribution is 2.37. The Bertz CT molecular complexity index is 671. The molecule has 104 valence electrons. The van der Waals surface area contributed by atoms with E-state index in [0.29, 0.717) is 17.5 Å². The Morgan fingerprint density at radius 3 is 2.75 bits per heavy atom. The first-order chi connectivity index (χ1) is 9.74. The summed E-state index contributed by atoms with van der Waals surface area (Å²) in [5.41, 5.74) is 1.91. The van der Waals surface area contributed by atoms with Gasteiger partial charge in [-0.3, -0.25) is 0 Å². The van der Waals surface area contributed by atoms with Gasteiger partial charge in [-0.1, -0.05) is 6.07 Å². The predicted octanol–water partition coefficient (Wildman–Crippen LogP) is 2.00. The summed E-state index contributed by atoms with van der Waals surface area (Å²) in [7, 11) is 0. The van der Waals surface area contributed by atoms with Crippen LogP contribution in [-0.4, -0.2) is 45.2 Å². The Hall–Kier alpha value is -1.88. The van der Waals surface area contributed by atoms with Crippen molar-refractivity contribution in [2.75, 3.05) is 19.6 Å². The lowest BCUT2D eigenvalue weighted by atomic mass is 9.84. The molecule has 2 aromatic rings. The predicted molar refractivity (Wildman–Crippen MR) is 74.9 cm³/mol. The molecule has 5 heteroatoms. The van der Waals surface area contributed by atoms with Crippen LogP contribution in [-0.2, 0) is 0 Å². The van der Waals surface area contributed by atoms with Crippen LogP contribution in [0.2, 0.25) is 0 Å². The molecule has 1 atom stereocenters.